The smallest absolute Gasteiger partial charge is 0.123 e. The molecule has 0 saturated carbocycles. The van der Waals surface area contributed by atoms with E-state index in [9.17, 15) is 9.50 Å². The Kier molecular flexibility index (Phi) is 3.76. The molecule has 0 bridgehead atoms. The first-order valence-electron chi connectivity index (χ1n) is 6.39. The Hall–Kier alpha value is -1.61. The van der Waals surface area contributed by atoms with Crippen LogP contribution in [0.4, 0.5) is 4.39 Å². The standard InChI is InChI=1S/C16H19FO2/c1-9-7-14(17)6-5-13(9)8-15(18)16-10(2)11(3)19-12(16)4/h5-7,15,18H,8H2,1-4H3. The van der Waals surface area contributed by atoms with E-state index in [1.54, 1.807) is 6.07 Å². The Labute approximate surface area is 112 Å². The van der Waals surface area contributed by atoms with E-state index in [4.69, 9.17) is 4.42 Å². The van der Waals surface area contributed by atoms with Crippen molar-refractivity contribution in [1.29, 1.82) is 0 Å². The number of aliphatic hydroxyl groups excluding tert-OH is 1. The van der Waals surface area contributed by atoms with Gasteiger partial charge in [0, 0.05) is 12.0 Å². The van der Waals surface area contributed by atoms with Gasteiger partial charge >= 0.3 is 0 Å². The Bertz CT molecular complexity index is 599. The van der Waals surface area contributed by atoms with Gasteiger partial charge in [0.1, 0.15) is 17.3 Å². The van der Waals surface area contributed by atoms with Gasteiger partial charge in [-0.3, -0.25) is 0 Å². The average Bonchev–Trinajstić information content (AvgIpc) is 2.57. The minimum Gasteiger partial charge on any atom is -0.466 e. The summed E-state index contributed by atoms with van der Waals surface area (Å²) in [6, 6.07) is 4.64. The molecule has 0 radical (unpaired) electrons. The van der Waals surface area contributed by atoms with Gasteiger partial charge in [-0.25, -0.2) is 4.39 Å². The van der Waals surface area contributed by atoms with Crippen LogP contribution in [0.15, 0.2) is 22.6 Å². The third-order valence-corrected chi connectivity index (χ3v) is 3.67. The highest BCUT2D eigenvalue weighted by Gasteiger charge is 2.19. The van der Waals surface area contributed by atoms with Gasteiger partial charge in [0.15, 0.2) is 0 Å². The zero-order valence-corrected chi connectivity index (χ0v) is 11.7. The van der Waals surface area contributed by atoms with Gasteiger partial charge in [-0.05, 0) is 56.5 Å². The van der Waals surface area contributed by atoms with Crippen LogP contribution < -0.4 is 0 Å². The molecule has 0 aliphatic carbocycles. The molecule has 102 valence electrons. The van der Waals surface area contributed by atoms with E-state index in [1.165, 1.54) is 12.1 Å². The Balaban J connectivity index is 2.28. The van der Waals surface area contributed by atoms with Crippen LogP contribution in [0.3, 0.4) is 0 Å². The second kappa shape index (κ2) is 5.17. The number of furan rings is 1. The van der Waals surface area contributed by atoms with Crippen LogP contribution in [0.1, 0.15) is 39.9 Å². The molecule has 0 spiro atoms. The first-order chi connectivity index (χ1) is 8.90. The van der Waals surface area contributed by atoms with Crippen LogP contribution in [0.2, 0.25) is 0 Å². The monoisotopic (exact) mass is 262 g/mol. The highest BCUT2D eigenvalue weighted by atomic mass is 19.1. The van der Waals surface area contributed by atoms with E-state index >= 15 is 0 Å². The maximum Gasteiger partial charge on any atom is 0.123 e. The molecule has 3 heteroatoms. The number of benzene rings is 1. The minimum atomic E-state index is -0.624. The summed E-state index contributed by atoms with van der Waals surface area (Å²) in [5.74, 6) is 1.34. The number of aliphatic hydroxyl groups is 1. The van der Waals surface area contributed by atoms with Crippen molar-refractivity contribution in [2.24, 2.45) is 0 Å². The molecular formula is C16H19FO2. The topological polar surface area (TPSA) is 33.4 Å². The quantitative estimate of drug-likeness (QED) is 0.909. The van der Waals surface area contributed by atoms with Crippen molar-refractivity contribution < 1.29 is 13.9 Å². The predicted molar refractivity (Wildman–Crippen MR) is 72.7 cm³/mol. The number of aryl methyl sites for hydroxylation is 3. The predicted octanol–water partition coefficient (Wildman–Crippen LogP) is 3.93. The second-order valence-corrected chi connectivity index (χ2v) is 5.04. The van der Waals surface area contributed by atoms with Gasteiger partial charge in [0.05, 0.1) is 6.10 Å². The zero-order valence-electron chi connectivity index (χ0n) is 11.7. The summed E-state index contributed by atoms with van der Waals surface area (Å²) in [4.78, 5) is 0. The molecule has 1 aromatic carbocycles. The summed E-state index contributed by atoms with van der Waals surface area (Å²) in [5, 5.41) is 10.4. The first kappa shape index (κ1) is 13.8. The third kappa shape index (κ3) is 2.71. The van der Waals surface area contributed by atoms with Crippen molar-refractivity contribution in [3.63, 3.8) is 0 Å². The molecule has 1 heterocycles. The van der Waals surface area contributed by atoms with Crippen LogP contribution in [0.25, 0.3) is 0 Å². The fraction of sp³-hybridized carbons (Fsp3) is 0.375. The largest absolute Gasteiger partial charge is 0.466 e. The summed E-state index contributed by atoms with van der Waals surface area (Å²) in [6.45, 7) is 7.55. The molecule has 1 N–H and O–H groups in total. The van der Waals surface area contributed by atoms with Crippen LogP contribution in [0.5, 0.6) is 0 Å². The van der Waals surface area contributed by atoms with E-state index in [1.807, 2.05) is 27.7 Å². The van der Waals surface area contributed by atoms with Gasteiger partial charge in [-0.1, -0.05) is 6.07 Å². The van der Waals surface area contributed by atoms with E-state index in [2.05, 4.69) is 0 Å². The number of rotatable bonds is 3. The van der Waals surface area contributed by atoms with Crippen molar-refractivity contribution in [2.75, 3.05) is 0 Å². The molecule has 0 fully saturated rings. The van der Waals surface area contributed by atoms with Crippen molar-refractivity contribution in [1.82, 2.24) is 0 Å². The molecule has 0 aliphatic heterocycles. The lowest BCUT2D eigenvalue weighted by molar-refractivity contribution is 0.175. The van der Waals surface area contributed by atoms with Crippen LogP contribution in [-0.4, -0.2) is 5.11 Å². The van der Waals surface area contributed by atoms with Crippen molar-refractivity contribution >= 4 is 0 Å². The second-order valence-electron chi connectivity index (χ2n) is 5.04. The number of hydrogen-bond donors (Lipinski definition) is 1. The molecule has 19 heavy (non-hydrogen) atoms. The van der Waals surface area contributed by atoms with E-state index in [0.717, 1.165) is 33.8 Å². The normalized spacial score (nSPS) is 12.7. The maximum atomic E-state index is 13.1. The van der Waals surface area contributed by atoms with Crippen molar-refractivity contribution in [2.45, 2.75) is 40.2 Å². The minimum absolute atomic E-state index is 0.248. The summed E-state index contributed by atoms with van der Waals surface area (Å²) < 4.78 is 18.6. The zero-order chi connectivity index (χ0) is 14.2. The lowest BCUT2D eigenvalue weighted by atomic mass is 9.96. The SMILES string of the molecule is Cc1cc(F)ccc1CC(O)c1c(C)oc(C)c1C. The number of hydrogen-bond acceptors (Lipinski definition) is 2. The summed E-state index contributed by atoms with van der Waals surface area (Å²) >= 11 is 0. The van der Waals surface area contributed by atoms with Crippen LogP contribution in [0, 0.1) is 33.5 Å². The Morgan fingerprint density at radius 1 is 1.16 bits per heavy atom. The van der Waals surface area contributed by atoms with Gasteiger partial charge in [-0.2, -0.15) is 0 Å². The fourth-order valence-corrected chi connectivity index (χ4v) is 2.50. The molecule has 2 rings (SSSR count). The summed E-state index contributed by atoms with van der Waals surface area (Å²) in [7, 11) is 0. The molecule has 0 amide bonds. The van der Waals surface area contributed by atoms with Crippen molar-refractivity contribution in [3.05, 3.63) is 57.8 Å². The molecule has 0 saturated heterocycles. The molecule has 1 atom stereocenters. The van der Waals surface area contributed by atoms with Gasteiger partial charge in [0.2, 0.25) is 0 Å². The highest BCUT2D eigenvalue weighted by Crippen LogP contribution is 2.29. The highest BCUT2D eigenvalue weighted by molar-refractivity contribution is 5.35. The molecule has 2 nitrogen and oxygen atoms in total. The lowest BCUT2D eigenvalue weighted by Crippen LogP contribution is -2.05. The van der Waals surface area contributed by atoms with Crippen molar-refractivity contribution in [3.8, 4) is 0 Å². The van der Waals surface area contributed by atoms with Gasteiger partial charge in [0.25, 0.3) is 0 Å². The number of halogens is 1. The first-order valence-corrected chi connectivity index (χ1v) is 6.39. The van der Waals surface area contributed by atoms with Crippen LogP contribution in [-0.2, 0) is 6.42 Å². The lowest BCUT2D eigenvalue weighted by Gasteiger charge is -2.13. The van der Waals surface area contributed by atoms with E-state index in [-0.39, 0.29) is 5.82 Å². The summed E-state index contributed by atoms with van der Waals surface area (Å²) in [5.41, 5.74) is 3.65. The van der Waals surface area contributed by atoms with E-state index in [0.29, 0.717) is 6.42 Å². The summed E-state index contributed by atoms with van der Waals surface area (Å²) in [6.07, 6.45) is -0.158. The Morgan fingerprint density at radius 3 is 2.37 bits per heavy atom. The molecule has 0 aliphatic rings. The molecule has 2 aromatic rings. The van der Waals surface area contributed by atoms with Crippen LogP contribution >= 0.6 is 0 Å². The molecule has 1 aromatic heterocycles. The molecular weight excluding hydrogens is 243 g/mol. The van der Waals surface area contributed by atoms with E-state index < -0.39 is 6.10 Å². The Morgan fingerprint density at radius 2 is 1.84 bits per heavy atom. The van der Waals surface area contributed by atoms with Gasteiger partial charge < -0.3 is 9.52 Å². The average molecular weight is 262 g/mol. The maximum absolute atomic E-state index is 13.1. The fourth-order valence-electron chi connectivity index (χ4n) is 2.50. The third-order valence-electron chi connectivity index (χ3n) is 3.67. The van der Waals surface area contributed by atoms with Gasteiger partial charge in [-0.15, -0.1) is 0 Å². The molecule has 1 unspecified atom stereocenters.